The van der Waals surface area contributed by atoms with Crippen LogP contribution in [0.5, 0.6) is 5.75 Å². The number of hydrogen-bond donors (Lipinski definition) is 0. The minimum atomic E-state index is -0.0190. The Balaban J connectivity index is 1.89. The molecule has 2 nitrogen and oxygen atoms in total. The predicted molar refractivity (Wildman–Crippen MR) is 77.3 cm³/mol. The van der Waals surface area contributed by atoms with Crippen molar-refractivity contribution in [1.29, 1.82) is 0 Å². The van der Waals surface area contributed by atoms with Crippen molar-refractivity contribution >= 4 is 29.0 Å². The van der Waals surface area contributed by atoms with Gasteiger partial charge in [-0.1, -0.05) is 41.4 Å². The number of carbonyl (C=O) groups excluding carboxylic acids is 1. The van der Waals surface area contributed by atoms with Crippen molar-refractivity contribution in [3.8, 4) is 5.75 Å². The minimum Gasteiger partial charge on any atom is -0.493 e. The zero-order valence-corrected chi connectivity index (χ0v) is 11.6. The van der Waals surface area contributed by atoms with E-state index < -0.39 is 0 Å². The Morgan fingerprint density at radius 3 is 2.42 bits per heavy atom. The van der Waals surface area contributed by atoms with E-state index in [1.807, 2.05) is 30.3 Å². The van der Waals surface area contributed by atoms with Gasteiger partial charge in [0.25, 0.3) is 0 Å². The van der Waals surface area contributed by atoms with Crippen molar-refractivity contribution in [2.75, 3.05) is 6.61 Å². The van der Waals surface area contributed by atoms with E-state index in [0.29, 0.717) is 28.6 Å². The Labute approximate surface area is 121 Å². The van der Waals surface area contributed by atoms with Gasteiger partial charge in [0.15, 0.2) is 5.78 Å². The van der Waals surface area contributed by atoms with Gasteiger partial charge in [-0.2, -0.15) is 0 Å². The molecule has 0 heterocycles. The van der Waals surface area contributed by atoms with Crippen LogP contribution in [-0.4, -0.2) is 12.4 Å². The van der Waals surface area contributed by atoms with Crippen molar-refractivity contribution in [3.63, 3.8) is 0 Å². The summed E-state index contributed by atoms with van der Waals surface area (Å²) in [4.78, 5) is 11.9. The summed E-state index contributed by atoms with van der Waals surface area (Å²) in [7, 11) is 0. The first-order valence-electron chi connectivity index (χ1n) is 5.83. The molecule has 0 spiro atoms. The Morgan fingerprint density at radius 1 is 1.00 bits per heavy atom. The van der Waals surface area contributed by atoms with E-state index in [1.54, 1.807) is 18.2 Å². The van der Waals surface area contributed by atoms with Crippen molar-refractivity contribution < 1.29 is 9.53 Å². The van der Waals surface area contributed by atoms with E-state index in [2.05, 4.69) is 0 Å². The lowest BCUT2D eigenvalue weighted by atomic mass is 10.1. The average Bonchev–Trinajstić information content (AvgIpc) is 2.43. The van der Waals surface area contributed by atoms with Gasteiger partial charge in [-0.15, -0.1) is 0 Å². The second kappa shape index (κ2) is 6.60. The first-order valence-corrected chi connectivity index (χ1v) is 6.58. The van der Waals surface area contributed by atoms with Gasteiger partial charge in [0.2, 0.25) is 0 Å². The molecule has 0 saturated heterocycles. The monoisotopic (exact) mass is 294 g/mol. The lowest BCUT2D eigenvalue weighted by Gasteiger charge is -2.06. The summed E-state index contributed by atoms with van der Waals surface area (Å²) in [6.45, 7) is 0.336. The summed E-state index contributed by atoms with van der Waals surface area (Å²) < 4.78 is 5.47. The second-order valence-corrected chi connectivity index (χ2v) is 4.78. The van der Waals surface area contributed by atoms with Crippen LogP contribution < -0.4 is 4.74 Å². The number of Topliss-reactive ketones (excluding diaryl/α,β-unsaturated/α-hetero) is 1. The van der Waals surface area contributed by atoms with Crippen LogP contribution in [0.1, 0.15) is 16.8 Å². The Hall–Kier alpha value is -1.51. The third-order valence-corrected chi connectivity index (χ3v) is 3.32. The Kier molecular flexibility index (Phi) is 4.83. The summed E-state index contributed by atoms with van der Waals surface area (Å²) in [5.74, 6) is 0.735. The molecule has 0 aliphatic heterocycles. The van der Waals surface area contributed by atoms with Crippen molar-refractivity contribution in [3.05, 3.63) is 64.1 Å². The maximum Gasteiger partial charge on any atom is 0.166 e. The third kappa shape index (κ3) is 3.98. The van der Waals surface area contributed by atoms with Crippen LogP contribution in [0.15, 0.2) is 48.5 Å². The summed E-state index contributed by atoms with van der Waals surface area (Å²) in [5.41, 5.74) is 0.547. The van der Waals surface area contributed by atoms with Crippen molar-refractivity contribution in [2.45, 2.75) is 6.42 Å². The Morgan fingerprint density at radius 2 is 1.74 bits per heavy atom. The molecule has 4 heteroatoms. The summed E-state index contributed by atoms with van der Waals surface area (Å²) in [5, 5.41) is 0.829. The molecule has 0 aliphatic carbocycles. The van der Waals surface area contributed by atoms with Crippen LogP contribution >= 0.6 is 23.2 Å². The summed E-state index contributed by atoms with van der Waals surface area (Å²) >= 11 is 11.7. The maximum absolute atomic E-state index is 11.9. The highest BCUT2D eigenvalue weighted by Gasteiger charge is 2.08. The molecule has 0 bridgehead atoms. The highest BCUT2D eigenvalue weighted by atomic mass is 35.5. The lowest BCUT2D eigenvalue weighted by molar-refractivity contribution is 0.0962. The van der Waals surface area contributed by atoms with Crippen LogP contribution in [0.25, 0.3) is 0 Å². The molecular formula is C15H12Cl2O2. The molecule has 19 heavy (non-hydrogen) atoms. The molecule has 2 aromatic rings. The van der Waals surface area contributed by atoms with E-state index in [4.69, 9.17) is 27.9 Å². The molecule has 0 atom stereocenters. The molecule has 2 rings (SSSR count). The van der Waals surface area contributed by atoms with Gasteiger partial charge in [0.1, 0.15) is 5.75 Å². The predicted octanol–water partition coefficient (Wildman–Crippen LogP) is 4.65. The Bertz CT molecular complexity index is 568. The van der Waals surface area contributed by atoms with E-state index in [1.165, 1.54) is 0 Å². The van der Waals surface area contributed by atoms with Gasteiger partial charge in [-0.25, -0.2) is 0 Å². The number of hydrogen-bond acceptors (Lipinski definition) is 2. The number of carbonyl (C=O) groups is 1. The number of para-hydroxylation sites is 1. The zero-order valence-electron chi connectivity index (χ0n) is 10.1. The van der Waals surface area contributed by atoms with Gasteiger partial charge < -0.3 is 4.74 Å². The molecule has 0 aromatic heterocycles. The van der Waals surface area contributed by atoms with E-state index in [-0.39, 0.29) is 5.78 Å². The van der Waals surface area contributed by atoms with Crippen molar-refractivity contribution in [1.82, 2.24) is 0 Å². The normalized spacial score (nSPS) is 10.2. The highest BCUT2D eigenvalue weighted by Crippen LogP contribution is 2.23. The first kappa shape index (κ1) is 13.9. The molecule has 0 amide bonds. The fourth-order valence-corrected chi connectivity index (χ4v) is 1.89. The number of ether oxygens (including phenoxy) is 1. The fraction of sp³-hybridized carbons (Fsp3) is 0.133. The van der Waals surface area contributed by atoms with Gasteiger partial charge in [-0.05, 0) is 30.3 Å². The summed E-state index contributed by atoms with van der Waals surface area (Å²) in [6.07, 6.45) is 0.298. The van der Waals surface area contributed by atoms with Crippen LogP contribution in [0, 0.1) is 0 Å². The minimum absolute atomic E-state index is 0.0190. The molecule has 0 N–H and O–H groups in total. The molecule has 0 saturated carbocycles. The topological polar surface area (TPSA) is 26.3 Å². The molecule has 0 unspecified atom stereocenters. The van der Waals surface area contributed by atoms with Crippen LogP contribution in [0.2, 0.25) is 10.0 Å². The second-order valence-electron chi connectivity index (χ2n) is 3.96. The van der Waals surface area contributed by atoms with E-state index >= 15 is 0 Å². The highest BCUT2D eigenvalue weighted by molar-refractivity contribution is 6.42. The zero-order chi connectivity index (χ0) is 13.7. The molecular weight excluding hydrogens is 283 g/mol. The van der Waals surface area contributed by atoms with Gasteiger partial charge >= 0.3 is 0 Å². The lowest BCUT2D eigenvalue weighted by Crippen LogP contribution is -2.06. The van der Waals surface area contributed by atoms with Crippen molar-refractivity contribution in [2.24, 2.45) is 0 Å². The molecule has 98 valence electrons. The van der Waals surface area contributed by atoms with Crippen LogP contribution in [0.4, 0.5) is 0 Å². The average molecular weight is 295 g/mol. The SMILES string of the molecule is O=C(CCOc1ccccc1)c1ccc(Cl)c(Cl)c1. The fourth-order valence-electron chi connectivity index (χ4n) is 1.59. The van der Waals surface area contributed by atoms with Crippen LogP contribution in [-0.2, 0) is 0 Å². The number of benzene rings is 2. The molecule has 0 radical (unpaired) electrons. The van der Waals surface area contributed by atoms with Crippen LogP contribution in [0.3, 0.4) is 0 Å². The van der Waals surface area contributed by atoms with E-state index in [0.717, 1.165) is 5.75 Å². The summed E-state index contributed by atoms with van der Waals surface area (Å²) in [6, 6.07) is 14.2. The van der Waals surface area contributed by atoms with Gasteiger partial charge in [0.05, 0.1) is 16.7 Å². The van der Waals surface area contributed by atoms with Gasteiger partial charge in [0, 0.05) is 12.0 Å². The number of halogens is 2. The first-order chi connectivity index (χ1) is 9.16. The van der Waals surface area contributed by atoms with E-state index in [9.17, 15) is 4.79 Å². The quantitative estimate of drug-likeness (QED) is 0.751. The molecule has 2 aromatic carbocycles. The smallest absolute Gasteiger partial charge is 0.166 e. The largest absolute Gasteiger partial charge is 0.493 e. The third-order valence-electron chi connectivity index (χ3n) is 2.58. The molecule has 0 aliphatic rings. The maximum atomic E-state index is 11.9. The standard InChI is InChI=1S/C15H12Cl2O2/c16-13-7-6-11(10-14(13)17)15(18)8-9-19-12-4-2-1-3-5-12/h1-7,10H,8-9H2. The molecule has 0 fully saturated rings. The number of rotatable bonds is 5. The number of ketones is 1. The van der Waals surface area contributed by atoms with Gasteiger partial charge in [-0.3, -0.25) is 4.79 Å².